The Bertz CT molecular complexity index is 591. The SMILES string of the molecule is CCCC(=O)NC1Cc2ccc(OC)c(C(=O)O)c2OB1O. The van der Waals surface area contributed by atoms with Gasteiger partial charge in [-0.05, 0) is 24.5 Å². The number of hydrogen-bond donors (Lipinski definition) is 3. The Morgan fingerprint density at radius 2 is 2.23 bits per heavy atom. The number of carboxylic acid groups (broad SMARTS) is 1. The van der Waals surface area contributed by atoms with Crippen molar-refractivity contribution in [2.45, 2.75) is 32.1 Å². The summed E-state index contributed by atoms with van der Waals surface area (Å²) in [6.07, 6.45) is 1.35. The van der Waals surface area contributed by atoms with E-state index >= 15 is 0 Å². The van der Waals surface area contributed by atoms with Crippen LogP contribution in [0.4, 0.5) is 0 Å². The minimum Gasteiger partial charge on any atom is -0.534 e. The molecule has 0 saturated carbocycles. The molecule has 0 aliphatic carbocycles. The molecule has 118 valence electrons. The van der Waals surface area contributed by atoms with Crippen LogP contribution in [0, 0.1) is 0 Å². The number of carbonyl (C=O) groups is 2. The Balaban J connectivity index is 2.29. The predicted octanol–water partition coefficient (Wildman–Crippen LogP) is 0.633. The molecule has 1 aromatic carbocycles. The fraction of sp³-hybridized carbons (Fsp3) is 0.429. The van der Waals surface area contributed by atoms with E-state index in [1.54, 1.807) is 6.07 Å². The minimum atomic E-state index is -1.31. The topological polar surface area (TPSA) is 105 Å². The van der Waals surface area contributed by atoms with Gasteiger partial charge in [-0.3, -0.25) is 4.79 Å². The van der Waals surface area contributed by atoms with Crippen LogP contribution in [0.1, 0.15) is 35.7 Å². The highest BCUT2D eigenvalue weighted by molar-refractivity contribution is 6.47. The molecule has 0 aromatic heterocycles. The molecule has 0 bridgehead atoms. The Morgan fingerprint density at radius 1 is 1.50 bits per heavy atom. The van der Waals surface area contributed by atoms with Crippen LogP contribution in [0.15, 0.2) is 12.1 Å². The lowest BCUT2D eigenvalue weighted by Gasteiger charge is -2.29. The molecule has 1 atom stereocenters. The summed E-state index contributed by atoms with van der Waals surface area (Å²) in [6.45, 7) is 1.88. The number of nitrogens with one attached hydrogen (secondary N) is 1. The molecule has 2 rings (SSSR count). The predicted molar refractivity (Wildman–Crippen MR) is 79.1 cm³/mol. The summed E-state index contributed by atoms with van der Waals surface area (Å²) in [5.41, 5.74) is 0.475. The maximum atomic E-state index is 11.7. The lowest BCUT2D eigenvalue weighted by atomic mass is 9.72. The van der Waals surface area contributed by atoms with Gasteiger partial charge in [-0.25, -0.2) is 4.79 Å². The van der Waals surface area contributed by atoms with E-state index in [0.29, 0.717) is 18.4 Å². The Hall–Kier alpha value is -2.22. The Morgan fingerprint density at radius 3 is 2.82 bits per heavy atom. The first-order valence-electron chi connectivity index (χ1n) is 7.05. The van der Waals surface area contributed by atoms with Crippen LogP contribution in [0.2, 0.25) is 0 Å². The van der Waals surface area contributed by atoms with Gasteiger partial charge in [-0.1, -0.05) is 13.0 Å². The smallest absolute Gasteiger partial charge is 0.534 e. The number of hydrogen-bond acceptors (Lipinski definition) is 5. The Labute approximate surface area is 128 Å². The fourth-order valence-electron chi connectivity index (χ4n) is 2.44. The van der Waals surface area contributed by atoms with E-state index in [0.717, 1.165) is 0 Å². The summed E-state index contributed by atoms with van der Waals surface area (Å²) >= 11 is 0. The van der Waals surface area contributed by atoms with Gasteiger partial charge in [-0.15, -0.1) is 0 Å². The molecule has 0 radical (unpaired) electrons. The van der Waals surface area contributed by atoms with E-state index in [-0.39, 0.29) is 29.4 Å². The quantitative estimate of drug-likeness (QED) is 0.689. The molecule has 1 aliphatic heterocycles. The number of fused-ring (bicyclic) bond motifs is 1. The number of aromatic carboxylic acids is 1. The number of carbonyl (C=O) groups excluding carboxylic acids is 1. The molecule has 3 N–H and O–H groups in total. The molecular weight excluding hydrogens is 289 g/mol. The first kappa shape index (κ1) is 16.2. The zero-order valence-electron chi connectivity index (χ0n) is 12.5. The van der Waals surface area contributed by atoms with Crippen molar-refractivity contribution < 1.29 is 29.1 Å². The van der Waals surface area contributed by atoms with Crippen molar-refractivity contribution in [1.29, 1.82) is 0 Å². The third-order valence-electron chi connectivity index (χ3n) is 3.48. The Kier molecular flexibility index (Phi) is 4.92. The van der Waals surface area contributed by atoms with Gasteiger partial charge in [0.05, 0.1) is 13.1 Å². The molecular formula is C14H18BNO6. The van der Waals surface area contributed by atoms with Crippen LogP contribution in [0.25, 0.3) is 0 Å². The van der Waals surface area contributed by atoms with E-state index in [4.69, 9.17) is 9.39 Å². The largest absolute Gasteiger partial charge is 0.547 e. The highest BCUT2D eigenvalue weighted by Gasteiger charge is 2.38. The van der Waals surface area contributed by atoms with E-state index < -0.39 is 19.0 Å². The fourth-order valence-corrected chi connectivity index (χ4v) is 2.44. The van der Waals surface area contributed by atoms with E-state index in [2.05, 4.69) is 5.32 Å². The lowest BCUT2D eigenvalue weighted by Crippen LogP contribution is -2.53. The van der Waals surface area contributed by atoms with Crippen LogP contribution in [0.3, 0.4) is 0 Å². The van der Waals surface area contributed by atoms with Gasteiger partial charge < -0.3 is 24.8 Å². The van der Waals surface area contributed by atoms with Gasteiger partial charge in [0.25, 0.3) is 0 Å². The van der Waals surface area contributed by atoms with Crippen molar-refractivity contribution in [2.75, 3.05) is 7.11 Å². The van der Waals surface area contributed by atoms with Gasteiger partial charge in [-0.2, -0.15) is 0 Å². The normalized spacial score (nSPS) is 16.5. The monoisotopic (exact) mass is 307 g/mol. The van der Waals surface area contributed by atoms with Crippen LogP contribution < -0.4 is 14.7 Å². The first-order chi connectivity index (χ1) is 10.5. The zero-order chi connectivity index (χ0) is 16.3. The summed E-state index contributed by atoms with van der Waals surface area (Å²) in [5, 5.41) is 22.0. The molecule has 1 aliphatic rings. The minimum absolute atomic E-state index is 0.0836. The van der Waals surface area contributed by atoms with Gasteiger partial charge in [0, 0.05) is 6.42 Å². The second kappa shape index (κ2) is 6.70. The van der Waals surface area contributed by atoms with E-state index in [9.17, 15) is 19.7 Å². The average Bonchev–Trinajstić information content (AvgIpc) is 2.46. The molecule has 0 saturated heterocycles. The number of carboxylic acids is 1. The van der Waals surface area contributed by atoms with Gasteiger partial charge in [0.15, 0.2) is 0 Å². The number of ether oxygens (including phenoxy) is 1. The summed E-state index contributed by atoms with van der Waals surface area (Å²) in [6, 6.07) is 3.21. The standard InChI is InChI=1S/C14H18BNO6/c1-3-4-11(17)16-10-7-8-5-6-9(21-2)12(14(18)19)13(8)22-15(10)20/h5-6,10,20H,3-4,7H2,1-2H3,(H,16,17)(H,18,19). The van der Waals surface area contributed by atoms with Crippen LogP contribution in [0.5, 0.6) is 11.5 Å². The van der Waals surface area contributed by atoms with Crippen molar-refractivity contribution in [3.8, 4) is 11.5 Å². The molecule has 1 unspecified atom stereocenters. The summed E-state index contributed by atoms with van der Waals surface area (Å²) < 4.78 is 10.4. The maximum absolute atomic E-state index is 11.7. The van der Waals surface area contributed by atoms with Crippen LogP contribution in [-0.2, 0) is 11.2 Å². The molecule has 1 aromatic rings. The zero-order valence-corrected chi connectivity index (χ0v) is 12.5. The second-order valence-corrected chi connectivity index (χ2v) is 5.07. The molecule has 1 amide bonds. The summed E-state index contributed by atoms with van der Waals surface area (Å²) in [4.78, 5) is 23.0. The second-order valence-electron chi connectivity index (χ2n) is 5.07. The molecule has 1 heterocycles. The van der Waals surface area contributed by atoms with Crippen molar-refractivity contribution >= 4 is 19.0 Å². The molecule has 0 spiro atoms. The molecule has 0 fully saturated rings. The lowest BCUT2D eigenvalue weighted by molar-refractivity contribution is -0.121. The highest BCUT2D eigenvalue weighted by Crippen LogP contribution is 2.36. The number of amides is 1. The van der Waals surface area contributed by atoms with Crippen LogP contribution in [-0.4, -0.2) is 42.2 Å². The van der Waals surface area contributed by atoms with Gasteiger partial charge >= 0.3 is 13.1 Å². The van der Waals surface area contributed by atoms with Crippen molar-refractivity contribution in [2.24, 2.45) is 0 Å². The third-order valence-corrected chi connectivity index (χ3v) is 3.48. The van der Waals surface area contributed by atoms with E-state index in [1.807, 2.05) is 6.92 Å². The van der Waals surface area contributed by atoms with Crippen molar-refractivity contribution in [3.05, 3.63) is 23.3 Å². The van der Waals surface area contributed by atoms with E-state index in [1.165, 1.54) is 13.2 Å². The molecule has 8 heteroatoms. The number of benzene rings is 1. The summed E-state index contributed by atoms with van der Waals surface area (Å²) in [7, 11) is 0.0554. The summed E-state index contributed by atoms with van der Waals surface area (Å²) in [5.74, 6) is -1.74. The van der Waals surface area contributed by atoms with Crippen molar-refractivity contribution in [3.63, 3.8) is 0 Å². The molecule has 7 nitrogen and oxygen atoms in total. The van der Waals surface area contributed by atoms with Gasteiger partial charge in [0.2, 0.25) is 5.91 Å². The maximum Gasteiger partial charge on any atom is 0.547 e. The number of rotatable bonds is 5. The van der Waals surface area contributed by atoms with Crippen molar-refractivity contribution in [1.82, 2.24) is 5.32 Å². The number of methoxy groups -OCH3 is 1. The highest BCUT2D eigenvalue weighted by atomic mass is 16.5. The average molecular weight is 307 g/mol. The van der Waals surface area contributed by atoms with Gasteiger partial charge in [0.1, 0.15) is 17.1 Å². The third kappa shape index (κ3) is 3.17. The molecule has 22 heavy (non-hydrogen) atoms. The van der Waals surface area contributed by atoms with Crippen LogP contribution >= 0.6 is 0 Å². The first-order valence-corrected chi connectivity index (χ1v) is 7.05.